The van der Waals surface area contributed by atoms with Gasteiger partial charge in [0.05, 0.1) is 0 Å². The van der Waals surface area contributed by atoms with E-state index in [1.165, 1.54) is 96.3 Å². The second-order valence-corrected chi connectivity index (χ2v) is 16.2. The van der Waals surface area contributed by atoms with Gasteiger partial charge in [0.25, 0.3) is 0 Å². The van der Waals surface area contributed by atoms with Gasteiger partial charge in [0.15, 0.2) is 0 Å². The van der Waals surface area contributed by atoms with Crippen molar-refractivity contribution in [1.29, 1.82) is 0 Å². The van der Waals surface area contributed by atoms with Crippen LogP contribution < -0.4 is 0 Å². The van der Waals surface area contributed by atoms with E-state index in [-0.39, 0.29) is 0 Å². The van der Waals surface area contributed by atoms with Gasteiger partial charge >= 0.3 is 131 Å². The molecule has 184 valence electrons. The second-order valence-electron chi connectivity index (χ2n) is 10.1. The molecule has 0 bridgehead atoms. The Bertz CT molecular complexity index is 413. The van der Waals surface area contributed by atoms with Crippen molar-refractivity contribution in [2.75, 3.05) is 26.6 Å². The Morgan fingerprint density at radius 2 is 1.03 bits per heavy atom. The first-order valence-corrected chi connectivity index (χ1v) is 17.5. The Morgan fingerprint density at radius 1 is 0.700 bits per heavy atom. The van der Waals surface area contributed by atoms with Gasteiger partial charge in [0.2, 0.25) is 0 Å². The van der Waals surface area contributed by atoms with E-state index in [2.05, 4.69) is 26.9 Å². The van der Waals surface area contributed by atoms with Crippen LogP contribution in [0.3, 0.4) is 0 Å². The molecule has 0 rings (SSSR count). The van der Waals surface area contributed by atoms with E-state index in [0.717, 1.165) is 12.8 Å². The monoisotopic (exact) mass is 468 g/mol. The van der Waals surface area contributed by atoms with E-state index < -0.39 is 21.0 Å². The second kappa shape index (κ2) is 19.0. The standard InChI is InChI=1S/C24H54O4P2/c1-6-7-8-9-10-11-12-13-14-15-16-17-18-19-20-21-22-23-27-24(2,28-29(25)26)30(3,4)5/h29-30H,6-23H2,1-5H3,(H,25,26). The van der Waals surface area contributed by atoms with Gasteiger partial charge in [0.1, 0.15) is 0 Å². The number of unbranched alkanes of at least 4 members (excludes halogenated alkanes) is 16. The van der Waals surface area contributed by atoms with Crippen molar-refractivity contribution in [1.82, 2.24) is 0 Å². The summed E-state index contributed by atoms with van der Waals surface area (Å²) < 4.78 is 22.4. The molecule has 0 radical (unpaired) electrons. The average molecular weight is 469 g/mol. The van der Waals surface area contributed by atoms with Crippen LogP contribution in [0.5, 0.6) is 0 Å². The summed E-state index contributed by atoms with van der Waals surface area (Å²) >= 11 is 0. The Balaban J connectivity index is 3.45. The Kier molecular flexibility index (Phi) is 19.4. The van der Waals surface area contributed by atoms with Gasteiger partial charge in [-0.15, -0.1) is 0 Å². The molecule has 0 aromatic heterocycles. The molecule has 6 heteroatoms. The molecule has 0 fully saturated rings. The molecule has 0 aromatic rings. The third kappa shape index (κ3) is 17.1. The van der Waals surface area contributed by atoms with E-state index in [1.807, 2.05) is 6.92 Å². The van der Waals surface area contributed by atoms with Crippen molar-refractivity contribution in [3.8, 4) is 0 Å². The molecular formula is C24H54O4P2. The fourth-order valence-corrected chi connectivity index (χ4v) is 6.07. The Hall–Kier alpha value is 0.540. The van der Waals surface area contributed by atoms with Gasteiger partial charge in [-0.1, -0.05) is 58.3 Å². The fraction of sp³-hybridized carbons (Fsp3) is 1.00. The number of hydrogen-bond acceptors (Lipinski definition) is 3. The summed E-state index contributed by atoms with van der Waals surface area (Å²) in [5.74, 6) is 0. The van der Waals surface area contributed by atoms with E-state index in [4.69, 9.17) is 14.2 Å². The van der Waals surface area contributed by atoms with Crippen LogP contribution in [0, 0.1) is 0 Å². The zero-order valence-corrected chi connectivity index (χ0v) is 22.9. The van der Waals surface area contributed by atoms with Crippen LogP contribution in [0.15, 0.2) is 0 Å². The first kappa shape index (κ1) is 30.5. The Labute approximate surface area is 189 Å². The molecule has 0 amide bonds. The molecule has 0 aromatic carbocycles. The number of hydrogen-bond donors (Lipinski definition) is 1. The quantitative estimate of drug-likeness (QED) is 0.0985. The zero-order valence-electron chi connectivity index (χ0n) is 20.9. The first-order chi connectivity index (χ1) is 14.2. The van der Waals surface area contributed by atoms with Crippen LogP contribution in [0.25, 0.3) is 0 Å². The summed E-state index contributed by atoms with van der Waals surface area (Å²) in [5, 5.41) is 0. The SMILES string of the molecule is CCCCCCCCCCCCCCCCCCCOC(C)(O[PH](=O)O)[PH](C)(C)C. The van der Waals surface area contributed by atoms with Crippen molar-refractivity contribution in [3.63, 3.8) is 0 Å². The van der Waals surface area contributed by atoms with Crippen molar-refractivity contribution in [2.24, 2.45) is 0 Å². The van der Waals surface area contributed by atoms with Crippen LogP contribution in [-0.4, -0.2) is 37.0 Å². The predicted molar refractivity (Wildman–Crippen MR) is 137 cm³/mol. The maximum absolute atomic E-state index is 11.2. The maximum atomic E-state index is 11.2. The van der Waals surface area contributed by atoms with E-state index in [1.54, 1.807) is 0 Å². The summed E-state index contributed by atoms with van der Waals surface area (Å²) in [4.78, 5) is 9.17. The molecule has 0 aliphatic rings. The molecule has 0 saturated carbocycles. The van der Waals surface area contributed by atoms with Crippen LogP contribution in [0.1, 0.15) is 123 Å². The van der Waals surface area contributed by atoms with Crippen LogP contribution in [-0.2, 0) is 13.8 Å². The van der Waals surface area contributed by atoms with Gasteiger partial charge in [-0.2, -0.15) is 0 Å². The molecule has 1 N–H and O–H groups in total. The van der Waals surface area contributed by atoms with Gasteiger partial charge in [-0.25, -0.2) is 0 Å². The van der Waals surface area contributed by atoms with Crippen LogP contribution >= 0.6 is 15.5 Å². The van der Waals surface area contributed by atoms with Crippen LogP contribution in [0.4, 0.5) is 0 Å². The van der Waals surface area contributed by atoms with E-state index in [9.17, 15) is 4.57 Å². The topological polar surface area (TPSA) is 55.8 Å². The van der Waals surface area contributed by atoms with Crippen LogP contribution in [0.2, 0.25) is 0 Å². The van der Waals surface area contributed by atoms with Crippen molar-refractivity contribution in [2.45, 2.75) is 129 Å². The number of rotatable bonds is 22. The summed E-state index contributed by atoms with van der Waals surface area (Å²) in [6.07, 6.45) is 23.0. The fourth-order valence-electron chi connectivity index (χ4n) is 3.66. The van der Waals surface area contributed by atoms with Gasteiger partial charge in [-0.05, 0) is 0 Å². The van der Waals surface area contributed by atoms with Crippen molar-refractivity contribution in [3.05, 3.63) is 0 Å². The van der Waals surface area contributed by atoms with Gasteiger partial charge in [-0.3, -0.25) is 0 Å². The molecular weight excluding hydrogens is 414 g/mol. The summed E-state index contributed by atoms with van der Waals surface area (Å²) in [6.45, 7) is 11.0. The minimum absolute atomic E-state index is 0.606. The average Bonchev–Trinajstić information content (AvgIpc) is 2.65. The summed E-state index contributed by atoms with van der Waals surface area (Å²) in [6, 6.07) is 0. The molecule has 0 aliphatic heterocycles. The van der Waals surface area contributed by atoms with Gasteiger partial charge < -0.3 is 0 Å². The molecule has 0 aliphatic carbocycles. The third-order valence-electron chi connectivity index (χ3n) is 6.27. The Morgan fingerprint density at radius 3 is 1.33 bits per heavy atom. The van der Waals surface area contributed by atoms with Crippen molar-refractivity contribution >= 4 is 15.5 Å². The summed E-state index contributed by atoms with van der Waals surface area (Å²) in [7, 11) is -4.85. The third-order valence-corrected chi connectivity index (χ3v) is 10.0. The molecule has 30 heavy (non-hydrogen) atoms. The molecule has 0 spiro atoms. The molecule has 0 heterocycles. The van der Waals surface area contributed by atoms with E-state index >= 15 is 0 Å². The molecule has 2 atom stereocenters. The normalized spacial score (nSPS) is 15.8. The first-order valence-electron chi connectivity index (χ1n) is 12.8. The number of ether oxygens (including phenoxy) is 1. The van der Waals surface area contributed by atoms with Gasteiger partial charge in [0, 0.05) is 0 Å². The minimum atomic E-state index is -2.99. The molecule has 2 unspecified atom stereocenters. The summed E-state index contributed by atoms with van der Waals surface area (Å²) in [5.41, 5.74) is -0.882. The predicted octanol–water partition coefficient (Wildman–Crippen LogP) is 8.37. The zero-order chi connectivity index (χ0) is 22.7. The molecule has 0 saturated heterocycles. The van der Waals surface area contributed by atoms with Crippen molar-refractivity contribution < 1.29 is 18.7 Å². The van der Waals surface area contributed by atoms with E-state index in [0.29, 0.717) is 6.61 Å². The molecule has 4 nitrogen and oxygen atoms in total.